The number of nitrogens with zero attached hydrogens (tertiary/aromatic N) is 4. The van der Waals surface area contributed by atoms with Gasteiger partial charge in [-0.05, 0) is 57.6 Å². The van der Waals surface area contributed by atoms with E-state index in [1.807, 2.05) is 49.5 Å². The lowest BCUT2D eigenvalue weighted by atomic mass is 9.98. The van der Waals surface area contributed by atoms with Gasteiger partial charge in [0.2, 0.25) is 0 Å². The van der Waals surface area contributed by atoms with Gasteiger partial charge in [-0.3, -0.25) is 9.13 Å². The number of imidazole rings is 1. The summed E-state index contributed by atoms with van der Waals surface area (Å²) in [6.45, 7) is 0. The van der Waals surface area contributed by atoms with E-state index in [4.69, 9.17) is 9.97 Å². The molecule has 8 aromatic rings. The summed E-state index contributed by atoms with van der Waals surface area (Å²) in [6, 6.07) is 54.5. The normalized spacial score (nSPS) is 11.2. The molecule has 0 spiro atoms. The van der Waals surface area contributed by atoms with Gasteiger partial charge in [-0.25, -0.2) is 14.8 Å². The molecular formula is C43H32N4O. The van der Waals surface area contributed by atoms with Crippen molar-refractivity contribution in [3.63, 3.8) is 0 Å². The Morgan fingerprint density at radius 3 is 1.44 bits per heavy atom. The van der Waals surface area contributed by atoms with Crippen molar-refractivity contribution in [2.24, 2.45) is 14.1 Å². The van der Waals surface area contributed by atoms with Gasteiger partial charge >= 0.3 is 5.69 Å². The fourth-order valence-corrected chi connectivity index (χ4v) is 6.32. The van der Waals surface area contributed by atoms with E-state index in [9.17, 15) is 4.79 Å². The molecular weight excluding hydrogens is 589 g/mol. The highest BCUT2D eigenvalue weighted by atomic mass is 16.1. The molecule has 0 amide bonds. The zero-order chi connectivity index (χ0) is 32.6. The molecule has 2 aromatic heterocycles. The van der Waals surface area contributed by atoms with E-state index in [0.29, 0.717) is 5.82 Å². The standard InChI is InChI=1S/C43H32N4O/c1-46-40-25-24-36(27-41(40)47(2)43(46)48)35-14-9-15-37(26-35)39-28-38(44-42(45-39)34-12-7-4-8-13-34)33-22-20-32(21-23-33)31-18-16-30(17-19-31)29-10-5-3-6-11-29/h3-28H,1-2H3. The lowest BCUT2D eigenvalue weighted by Gasteiger charge is -2.11. The summed E-state index contributed by atoms with van der Waals surface area (Å²) in [6.07, 6.45) is 0. The zero-order valence-corrected chi connectivity index (χ0v) is 26.7. The SMILES string of the molecule is Cn1c(=O)n(C)c2cc(-c3cccc(-c4cc(-c5ccc(-c6ccc(-c7ccccc7)cc6)cc5)nc(-c5ccccc5)n4)c3)ccc21. The van der Waals surface area contributed by atoms with Crippen LogP contribution in [0.2, 0.25) is 0 Å². The van der Waals surface area contributed by atoms with Crippen molar-refractivity contribution in [2.75, 3.05) is 0 Å². The van der Waals surface area contributed by atoms with Crippen LogP contribution in [0.4, 0.5) is 0 Å². The van der Waals surface area contributed by atoms with Crippen LogP contribution in [-0.4, -0.2) is 19.1 Å². The molecule has 0 radical (unpaired) electrons. The van der Waals surface area contributed by atoms with Gasteiger partial charge in [-0.2, -0.15) is 0 Å². The van der Waals surface area contributed by atoms with Crippen LogP contribution in [0, 0.1) is 0 Å². The van der Waals surface area contributed by atoms with Crippen LogP contribution >= 0.6 is 0 Å². The zero-order valence-electron chi connectivity index (χ0n) is 26.7. The summed E-state index contributed by atoms with van der Waals surface area (Å²) in [5.74, 6) is 0.676. The molecule has 2 heterocycles. The molecule has 5 nitrogen and oxygen atoms in total. The third kappa shape index (κ3) is 5.41. The molecule has 48 heavy (non-hydrogen) atoms. The Bertz CT molecular complexity index is 2460. The van der Waals surface area contributed by atoms with Gasteiger partial charge in [0.05, 0.1) is 22.4 Å². The first-order valence-electron chi connectivity index (χ1n) is 16.0. The lowest BCUT2D eigenvalue weighted by Crippen LogP contribution is -2.19. The van der Waals surface area contributed by atoms with Gasteiger partial charge in [0.25, 0.3) is 0 Å². The Morgan fingerprint density at radius 1 is 0.375 bits per heavy atom. The van der Waals surface area contributed by atoms with Gasteiger partial charge in [0.1, 0.15) is 0 Å². The predicted molar refractivity (Wildman–Crippen MR) is 196 cm³/mol. The fourth-order valence-electron chi connectivity index (χ4n) is 6.32. The van der Waals surface area contributed by atoms with Crippen LogP contribution in [0.3, 0.4) is 0 Å². The highest BCUT2D eigenvalue weighted by molar-refractivity contribution is 5.84. The summed E-state index contributed by atoms with van der Waals surface area (Å²) in [5, 5.41) is 0. The van der Waals surface area contributed by atoms with Crippen LogP contribution in [0.5, 0.6) is 0 Å². The Labute approximate surface area is 279 Å². The van der Waals surface area contributed by atoms with E-state index in [2.05, 4.69) is 115 Å². The van der Waals surface area contributed by atoms with E-state index >= 15 is 0 Å². The maximum Gasteiger partial charge on any atom is 0.328 e. The van der Waals surface area contributed by atoms with Gasteiger partial charge in [0.15, 0.2) is 5.82 Å². The highest BCUT2D eigenvalue weighted by Crippen LogP contribution is 2.32. The van der Waals surface area contributed by atoms with E-state index in [1.165, 1.54) is 16.7 Å². The number of hydrogen-bond donors (Lipinski definition) is 0. The fraction of sp³-hybridized carbons (Fsp3) is 0.0465. The predicted octanol–water partition coefficient (Wildman–Crippen LogP) is 9.67. The number of benzene rings is 6. The van der Waals surface area contributed by atoms with Gasteiger partial charge in [-0.1, -0.05) is 133 Å². The monoisotopic (exact) mass is 620 g/mol. The summed E-state index contributed by atoms with van der Waals surface area (Å²) in [5.41, 5.74) is 13.3. The van der Waals surface area contributed by atoms with Crippen molar-refractivity contribution in [2.45, 2.75) is 0 Å². The largest absolute Gasteiger partial charge is 0.328 e. The summed E-state index contributed by atoms with van der Waals surface area (Å²) in [4.78, 5) is 22.6. The second kappa shape index (κ2) is 12.1. The number of aryl methyl sites for hydroxylation is 2. The number of rotatable bonds is 6. The first-order chi connectivity index (χ1) is 23.5. The van der Waals surface area contributed by atoms with Crippen molar-refractivity contribution >= 4 is 11.0 Å². The molecule has 230 valence electrons. The van der Waals surface area contributed by atoms with Crippen LogP contribution in [-0.2, 0) is 14.1 Å². The van der Waals surface area contributed by atoms with Crippen LogP contribution in [0.25, 0.3) is 78.3 Å². The lowest BCUT2D eigenvalue weighted by molar-refractivity contribution is 0.795. The Kier molecular flexibility index (Phi) is 7.35. The van der Waals surface area contributed by atoms with Gasteiger partial charge in [-0.15, -0.1) is 0 Å². The van der Waals surface area contributed by atoms with Crippen molar-refractivity contribution < 1.29 is 0 Å². The third-order valence-electron chi connectivity index (χ3n) is 9.03. The molecule has 6 aromatic carbocycles. The topological polar surface area (TPSA) is 52.7 Å². The Balaban J connectivity index is 1.16. The molecule has 8 rings (SSSR count). The number of aromatic nitrogens is 4. The molecule has 0 unspecified atom stereocenters. The minimum Gasteiger partial charge on any atom is -0.295 e. The Morgan fingerprint density at radius 2 is 0.812 bits per heavy atom. The van der Waals surface area contributed by atoms with Crippen molar-refractivity contribution in [1.29, 1.82) is 0 Å². The quantitative estimate of drug-likeness (QED) is 0.186. The molecule has 5 heteroatoms. The maximum absolute atomic E-state index is 12.5. The van der Waals surface area contributed by atoms with Crippen LogP contribution in [0.1, 0.15) is 0 Å². The molecule has 0 saturated heterocycles. The van der Waals surface area contributed by atoms with Gasteiger partial charge < -0.3 is 0 Å². The Hall–Kier alpha value is -6.33. The van der Waals surface area contributed by atoms with Crippen molar-refractivity contribution in [1.82, 2.24) is 19.1 Å². The maximum atomic E-state index is 12.5. The van der Waals surface area contributed by atoms with E-state index in [-0.39, 0.29) is 5.69 Å². The van der Waals surface area contributed by atoms with E-state index < -0.39 is 0 Å². The van der Waals surface area contributed by atoms with Crippen molar-refractivity contribution in [3.8, 4) is 67.3 Å². The molecule has 0 fully saturated rings. The average Bonchev–Trinajstić information content (AvgIpc) is 3.38. The molecule has 0 atom stereocenters. The second-order valence-corrected chi connectivity index (χ2v) is 12.0. The number of fused-ring (bicyclic) bond motifs is 1. The van der Waals surface area contributed by atoms with E-state index in [1.54, 1.807) is 16.2 Å². The number of hydrogen-bond acceptors (Lipinski definition) is 3. The van der Waals surface area contributed by atoms with Crippen LogP contribution in [0.15, 0.2) is 163 Å². The van der Waals surface area contributed by atoms with E-state index in [0.717, 1.165) is 55.8 Å². The molecule has 0 N–H and O–H groups in total. The second-order valence-electron chi connectivity index (χ2n) is 12.0. The average molecular weight is 621 g/mol. The minimum absolute atomic E-state index is 0.0353. The van der Waals surface area contributed by atoms with Gasteiger partial charge in [0, 0.05) is 30.8 Å². The smallest absolute Gasteiger partial charge is 0.295 e. The summed E-state index contributed by atoms with van der Waals surface area (Å²) >= 11 is 0. The third-order valence-corrected chi connectivity index (χ3v) is 9.03. The molecule has 0 bridgehead atoms. The molecule has 0 saturated carbocycles. The van der Waals surface area contributed by atoms with Crippen molar-refractivity contribution in [3.05, 3.63) is 168 Å². The molecule has 0 aliphatic heterocycles. The minimum atomic E-state index is -0.0353. The summed E-state index contributed by atoms with van der Waals surface area (Å²) < 4.78 is 3.37. The highest BCUT2D eigenvalue weighted by Gasteiger charge is 2.13. The molecule has 0 aliphatic carbocycles. The first-order valence-corrected chi connectivity index (χ1v) is 16.0. The molecule has 0 aliphatic rings. The first kappa shape index (κ1) is 29.1. The summed E-state index contributed by atoms with van der Waals surface area (Å²) in [7, 11) is 3.62. The van der Waals surface area contributed by atoms with Crippen LogP contribution < -0.4 is 5.69 Å².